The number of rotatable bonds is 5. The molecule has 4 nitrogen and oxygen atoms in total. The monoisotopic (exact) mass is 425 g/mol. The Labute approximate surface area is 183 Å². The molecule has 0 N–H and O–H groups in total. The SMILES string of the molecule is O=P1(N(c2ccccc2)c2ccccc2)N(c2ccccc2)CCN1c1ccccc1. The summed E-state index contributed by atoms with van der Waals surface area (Å²) >= 11 is 0. The summed E-state index contributed by atoms with van der Waals surface area (Å²) in [6.45, 7) is 1.35. The van der Waals surface area contributed by atoms with Crippen LogP contribution in [0.5, 0.6) is 0 Å². The van der Waals surface area contributed by atoms with Gasteiger partial charge in [-0.25, -0.2) is 4.57 Å². The van der Waals surface area contributed by atoms with Crippen LogP contribution in [0, 0.1) is 0 Å². The second-order valence-corrected chi connectivity index (χ2v) is 9.81. The minimum atomic E-state index is -3.29. The molecule has 4 aromatic rings. The topological polar surface area (TPSA) is 26.8 Å². The molecule has 0 aromatic heterocycles. The van der Waals surface area contributed by atoms with E-state index < -0.39 is 7.59 Å². The van der Waals surface area contributed by atoms with Crippen LogP contribution >= 0.6 is 7.59 Å². The third kappa shape index (κ3) is 3.49. The van der Waals surface area contributed by atoms with Crippen molar-refractivity contribution < 1.29 is 4.57 Å². The van der Waals surface area contributed by atoms with E-state index in [0.717, 1.165) is 22.7 Å². The normalized spacial score (nSPS) is 15.1. The standard InChI is InChI=1S/C26H24N3OP/c30-31(29(25-17-9-3-10-18-25)26-19-11-4-12-20-26)27(23-13-5-1-6-14-23)21-22-28(31)24-15-7-2-8-16-24/h1-20H,21-22H2. The number of hydrogen-bond donors (Lipinski definition) is 0. The molecular formula is C26H24N3OP. The Bertz CT molecular complexity index is 1080. The number of hydrogen-bond acceptors (Lipinski definition) is 1. The maximum atomic E-state index is 15.4. The van der Waals surface area contributed by atoms with Gasteiger partial charge in [0.2, 0.25) is 0 Å². The zero-order valence-corrected chi connectivity index (χ0v) is 18.1. The molecule has 0 radical (unpaired) electrons. The van der Waals surface area contributed by atoms with E-state index in [1.54, 1.807) is 0 Å². The average Bonchev–Trinajstić information content (AvgIpc) is 3.19. The first-order valence-electron chi connectivity index (χ1n) is 10.5. The fourth-order valence-electron chi connectivity index (χ4n) is 4.14. The highest BCUT2D eigenvalue weighted by atomic mass is 31.2. The van der Waals surface area contributed by atoms with Crippen LogP contribution in [0.15, 0.2) is 121 Å². The van der Waals surface area contributed by atoms with E-state index in [1.807, 2.05) is 126 Å². The summed E-state index contributed by atoms with van der Waals surface area (Å²) in [5, 5.41) is 0. The minimum absolute atomic E-state index is 0.673. The van der Waals surface area contributed by atoms with Gasteiger partial charge in [-0.05, 0) is 48.5 Å². The van der Waals surface area contributed by atoms with E-state index in [-0.39, 0.29) is 0 Å². The summed E-state index contributed by atoms with van der Waals surface area (Å²) < 4.78 is 21.5. The molecule has 31 heavy (non-hydrogen) atoms. The number of benzene rings is 4. The Morgan fingerprint density at radius 2 is 0.839 bits per heavy atom. The predicted octanol–water partition coefficient (Wildman–Crippen LogP) is 6.96. The summed E-state index contributed by atoms with van der Waals surface area (Å²) in [4.78, 5) is 0. The smallest absolute Gasteiger partial charge is 0.288 e. The minimum Gasteiger partial charge on any atom is -0.288 e. The summed E-state index contributed by atoms with van der Waals surface area (Å²) in [6, 6.07) is 40.2. The molecule has 1 aliphatic heterocycles. The van der Waals surface area contributed by atoms with Crippen molar-refractivity contribution in [1.29, 1.82) is 0 Å². The highest BCUT2D eigenvalue weighted by Crippen LogP contribution is 2.66. The lowest BCUT2D eigenvalue weighted by Crippen LogP contribution is -2.31. The first-order chi connectivity index (χ1) is 15.3. The molecule has 0 aliphatic carbocycles. The molecule has 5 rings (SSSR count). The van der Waals surface area contributed by atoms with Crippen molar-refractivity contribution in [2.24, 2.45) is 0 Å². The van der Waals surface area contributed by atoms with Crippen molar-refractivity contribution in [3.8, 4) is 0 Å². The second kappa shape index (κ2) is 8.33. The van der Waals surface area contributed by atoms with E-state index in [1.165, 1.54) is 0 Å². The Balaban J connectivity index is 1.74. The number of anilines is 4. The molecule has 1 aliphatic rings. The van der Waals surface area contributed by atoms with Crippen LogP contribution < -0.4 is 14.0 Å². The molecule has 4 aromatic carbocycles. The molecule has 0 amide bonds. The quantitative estimate of drug-likeness (QED) is 0.323. The van der Waals surface area contributed by atoms with Gasteiger partial charge in [0.05, 0.1) is 11.4 Å². The molecule has 0 spiro atoms. The van der Waals surface area contributed by atoms with E-state index in [0.29, 0.717) is 13.1 Å². The van der Waals surface area contributed by atoms with Gasteiger partial charge in [0.15, 0.2) is 0 Å². The summed E-state index contributed by atoms with van der Waals surface area (Å²) in [5.41, 5.74) is 3.73. The number of nitrogens with zero attached hydrogens (tertiary/aromatic N) is 3. The van der Waals surface area contributed by atoms with Gasteiger partial charge in [-0.2, -0.15) is 0 Å². The highest BCUT2D eigenvalue weighted by Gasteiger charge is 2.49. The van der Waals surface area contributed by atoms with Crippen molar-refractivity contribution in [2.75, 3.05) is 27.1 Å². The molecular weight excluding hydrogens is 401 g/mol. The fourth-order valence-corrected chi connectivity index (χ4v) is 7.27. The summed E-state index contributed by atoms with van der Waals surface area (Å²) in [6.07, 6.45) is 0. The maximum Gasteiger partial charge on any atom is 0.365 e. The Kier molecular flexibility index (Phi) is 5.23. The van der Waals surface area contributed by atoms with Gasteiger partial charge < -0.3 is 0 Å². The molecule has 1 saturated heterocycles. The summed E-state index contributed by atoms with van der Waals surface area (Å²) in [7, 11) is -3.29. The maximum absolute atomic E-state index is 15.4. The highest BCUT2D eigenvalue weighted by molar-refractivity contribution is 7.69. The first kappa shape index (κ1) is 19.5. The van der Waals surface area contributed by atoms with Crippen molar-refractivity contribution in [3.63, 3.8) is 0 Å². The van der Waals surface area contributed by atoms with Crippen molar-refractivity contribution in [3.05, 3.63) is 121 Å². The summed E-state index contributed by atoms with van der Waals surface area (Å²) in [5.74, 6) is 0. The van der Waals surface area contributed by atoms with Gasteiger partial charge in [0.1, 0.15) is 0 Å². The van der Waals surface area contributed by atoms with E-state index in [4.69, 9.17) is 0 Å². The van der Waals surface area contributed by atoms with Crippen LogP contribution in [-0.4, -0.2) is 13.1 Å². The van der Waals surface area contributed by atoms with Crippen LogP contribution in [-0.2, 0) is 4.57 Å². The predicted molar refractivity (Wildman–Crippen MR) is 130 cm³/mol. The lowest BCUT2D eigenvalue weighted by molar-refractivity contribution is 0.575. The Hall–Kier alpha value is -3.49. The molecule has 0 bridgehead atoms. The third-order valence-corrected chi connectivity index (χ3v) is 8.63. The molecule has 0 unspecified atom stereocenters. The van der Waals surface area contributed by atoms with Crippen LogP contribution in [0.1, 0.15) is 0 Å². The average molecular weight is 425 g/mol. The number of para-hydroxylation sites is 4. The molecule has 1 fully saturated rings. The van der Waals surface area contributed by atoms with E-state index in [2.05, 4.69) is 9.34 Å². The fraction of sp³-hybridized carbons (Fsp3) is 0.0769. The van der Waals surface area contributed by atoms with Gasteiger partial charge in [-0.1, -0.05) is 72.8 Å². The van der Waals surface area contributed by atoms with Gasteiger partial charge in [-0.15, -0.1) is 0 Å². The van der Waals surface area contributed by atoms with Crippen LogP contribution in [0.2, 0.25) is 0 Å². The van der Waals surface area contributed by atoms with Crippen molar-refractivity contribution in [2.45, 2.75) is 0 Å². The molecule has 154 valence electrons. The van der Waals surface area contributed by atoms with Crippen LogP contribution in [0.3, 0.4) is 0 Å². The van der Waals surface area contributed by atoms with Crippen molar-refractivity contribution in [1.82, 2.24) is 0 Å². The molecule has 0 saturated carbocycles. The van der Waals surface area contributed by atoms with Gasteiger partial charge in [-0.3, -0.25) is 14.0 Å². The third-order valence-electron chi connectivity index (χ3n) is 5.52. The molecule has 1 heterocycles. The van der Waals surface area contributed by atoms with Gasteiger partial charge in [0, 0.05) is 24.5 Å². The Morgan fingerprint density at radius 1 is 0.516 bits per heavy atom. The second-order valence-electron chi connectivity index (χ2n) is 7.41. The van der Waals surface area contributed by atoms with Gasteiger partial charge >= 0.3 is 7.59 Å². The lowest BCUT2D eigenvalue weighted by Gasteiger charge is -2.41. The van der Waals surface area contributed by atoms with E-state index >= 15 is 4.57 Å². The molecule has 0 atom stereocenters. The zero-order valence-electron chi connectivity index (χ0n) is 17.2. The van der Waals surface area contributed by atoms with Crippen molar-refractivity contribution >= 4 is 30.3 Å². The lowest BCUT2D eigenvalue weighted by atomic mass is 10.3. The van der Waals surface area contributed by atoms with Crippen LogP contribution in [0.4, 0.5) is 22.7 Å². The Morgan fingerprint density at radius 3 is 1.19 bits per heavy atom. The van der Waals surface area contributed by atoms with Gasteiger partial charge in [0.25, 0.3) is 0 Å². The zero-order chi connectivity index (χ0) is 21.1. The van der Waals surface area contributed by atoms with E-state index in [9.17, 15) is 0 Å². The van der Waals surface area contributed by atoms with Crippen LogP contribution in [0.25, 0.3) is 0 Å². The largest absolute Gasteiger partial charge is 0.365 e. The molecule has 5 heteroatoms. The first-order valence-corrected chi connectivity index (χ1v) is 12.0.